The summed E-state index contributed by atoms with van der Waals surface area (Å²) in [7, 11) is -1.17. The van der Waals surface area contributed by atoms with Crippen molar-refractivity contribution in [2.75, 3.05) is 19.8 Å². The van der Waals surface area contributed by atoms with Crippen LogP contribution in [0.4, 0.5) is 0 Å². The van der Waals surface area contributed by atoms with Crippen LogP contribution in [-0.2, 0) is 38.1 Å². The van der Waals surface area contributed by atoms with Gasteiger partial charge in [-0.2, -0.15) is 0 Å². The molecule has 0 radical (unpaired) electrons. The van der Waals surface area contributed by atoms with E-state index >= 15 is 0 Å². The van der Waals surface area contributed by atoms with E-state index in [1.807, 2.05) is 25.3 Å². The Hall–Kier alpha value is -0.733. The minimum atomic E-state index is -1.23. The summed E-state index contributed by atoms with van der Waals surface area (Å²) in [6.07, 6.45) is 7.62. The Kier molecular flexibility index (Phi) is 11.3. The van der Waals surface area contributed by atoms with Crippen molar-refractivity contribution in [2.24, 2.45) is 0 Å². The third-order valence-corrected chi connectivity index (χ3v) is 10.2. The van der Waals surface area contributed by atoms with E-state index in [0.717, 1.165) is 48.8 Å². The Labute approximate surface area is 233 Å². The van der Waals surface area contributed by atoms with Gasteiger partial charge in [-0.15, -0.1) is 4.72 Å². The summed E-state index contributed by atoms with van der Waals surface area (Å²) in [6, 6.07) is 2.74. The summed E-state index contributed by atoms with van der Waals surface area (Å²) in [5.74, 6) is 0.0197. The summed E-state index contributed by atoms with van der Waals surface area (Å²) in [5.41, 5.74) is 0.686. The molecule has 37 heavy (non-hydrogen) atoms. The van der Waals surface area contributed by atoms with E-state index in [-0.39, 0.29) is 10.8 Å². The van der Waals surface area contributed by atoms with Gasteiger partial charge in [-0.1, -0.05) is 37.6 Å². The quantitative estimate of drug-likeness (QED) is 0.150. The highest BCUT2D eigenvalue weighted by molar-refractivity contribution is 9.10. The lowest BCUT2D eigenvalue weighted by Crippen LogP contribution is -2.42. The zero-order valence-corrected chi connectivity index (χ0v) is 26.5. The van der Waals surface area contributed by atoms with E-state index in [1.54, 1.807) is 18.5 Å². The second-order valence-corrected chi connectivity index (χ2v) is 20.1. The first-order chi connectivity index (χ1) is 17.4. The summed E-state index contributed by atoms with van der Waals surface area (Å²) >= 11 is 2.39. The van der Waals surface area contributed by atoms with Crippen molar-refractivity contribution < 1.29 is 23.3 Å². The molecule has 0 bridgehead atoms. The predicted octanol–water partition coefficient (Wildman–Crippen LogP) is 5.89. The van der Waals surface area contributed by atoms with E-state index in [4.69, 9.17) is 18.7 Å². The van der Waals surface area contributed by atoms with Crippen LogP contribution in [0, 0.1) is 0 Å². The molecule has 1 aliphatic rings. The van der Waals surface area contributed by atoms with Gasteiger partial charge in [-0.25, -0.2) is 4.98 Å². The molecule has 2 aromatic heterocycles. The van der Waals surface area contributed by atoms with Crippen molar-refractivity contribution in [3.05, 3.63) is 34.6 Å². The highest BCUT2D eigenvalue weighted by atomic mass is 79.9. The molecule has 0 saturated carbocycles. The van der Waals surface area contributed by atoms with Gasteiger partial charge in [0, 0.05) is 38.5 Å². The van der Waals surface area contributed by atoms with E-state index < -0.39 is 25.2 Å². The van der Waals surface area contributed by atoms with E-state index in [1.165, 1.54) is 0 Å². The predicted molar refractivity (Wildman–Crippen MR) is 151 cm³/mol. The van der Waals surface area contributed by atoms with Gasteiger partial charge in [-0.3, -0.25) is 4.57 Å². The highest BCUT2D eigenvalue weighted by Gasteiger charge is 2.40. The minimum Gasteiger partial charge on any atom is -0.598 e. The number of unbranched alkanes of at least 4 members (excludes halogenated alkanes) is 2. The molecule has 12 heteroatoms. The van der Waals surface area contributed by atoms with Crippen LogP contribution in [0.5, 0.6) is 0 Å². The Morgan fingerprint density at radius 1 is 1.24 bits per heavy atom. The molecule has 0 spiro atoms. The maximum atomic E-state index is 13.0. The fraction of sp³-hybridized carbons (Fsp3) is 0.760. The molecule has 210 valence electrons. The molecule has 3 heterocycles. The van der Waals surface area contributed by atoms with Crippen LogP contribution in [0.15, 0.2) is 27.7 Å². The van der Waals surface area contributed by atoms with Gasteiger partial charge in [0.2, 0.25) is 5.79 Å². The van der Waals surface area contributed by atoms with Crippen molar-refractivity contribution in [3.63, 3.8) is 0 Å². The number of aromatic nitrogens is 3. The first-order valence-electron chi connectivity index (χ1n) is 13.1. The maximum Gasteiger partial charge on any atom is 0.215 e. The van der Waals surface area contributed by atoms with Gasteiger partial charge in [0.1, 0.15) is 39.9 Å². The molecule has 1 N–H and O–H groups in total. The van der Waals surface area contributed by atoms with E-state index in [9.17, 15) is 4.55 Å². The lowest BCUT2D eigenvalue weighted by molar-refractivity contribution is -0.175. The monoisotopic (exact) mass is 618 g/mol. The van der Waals surface area contributed by atoms with E-state index in [2.05, 4.69) is 50.4 Å². The SMILES string of the molecule is CC(C)(C)[S@@+]([O-])N[C@@H](CCCCCC1(c2ccon2)OCCO1)c1ncc(Br)n1COCC[Si](C)(C)C. The molecule has 0 amide bonds. The van der Waals surface area contributed by atoms with Crippen LogP contribution < -0.4 is 4.72 Å². The molecule has 1 aliphatic heterocycles. The Balaban J connectivity index is 1.61. The number of halogens is 1. The van der Waals surface area contributed by atoms with Gasteiger partial charge in [0.15, 0.2) is 0 Å². The molecule has 0 unspecified atom stereocenters. The Bertz CT molecular complexity index is 942. The average Bonchev–Trinajstić information content (AvgIpc) is 3.56. The van der Waals surface area contributed by atoms with E-state index in [0.29, 0.717) is 32.1 Å². The molecule has 2 aromatic rings. The maximum absolute atomic E-state index is 13.0. The molecule has 3 rings (SSSR count). The number of hydrogen-bond donors (Lipinski definition) is 1. The zero-order chi connectivity index (χ0) is 27.1. The van der Waals surface area contributed by atoms with Gasteiger partial charge < -0.3 is 23.3 Å². The molecule has 2 atom stereocenters. The smallest absolute Gasteiger partial charge is 0.215 e. The first-order valence-corrected chi connectivity index (χ1v) is 18.7. The number of hydrogen-bond acceptors (Lipinski definition) is 8. The summed E-state index contributed by atoms with van der Waals surface area (Å²) in [5, 5.41) is 4.05. The van der Waals surface area contributed by atoms with Crippen LogP contribution in [0.25, 0.3) is 0 Å². The number of nitrogens with one attached hydrogen (secondary N) is 1. The minimum absolute atomic E-state index is 0.171. The summed E-state index contributed by atoms with van der Waals surface area (Å²) < 4.78 is 41.8. The largest absolute Gasteiger partial charge is 0.598 e. The van der Waals surface area contributed by atoms with Crippen LogP contribution in [0.1, 0.15) is 70.4 Å². The first kappa shape index (κ1) is 30.8. The van der Waals surface area contributed by atoms with Crippen molar-refractivity contribution in [1.82, 2.24) is 19.4 Å². The molecule has 1 fully saturated rings. The second-order valence-electron chi connectivity index (χ2n) is 11.7. The highest BCUT2D eigenvalue weighted by Crippen LogP contribution is 2.36. The normalized spacial score (nSPS) is 17.8. The van der Waals surface area contributed by atoms with Crippen LogP contribution in [0.3, 0.4) is 0 Å². The van der Waals surface area contributed by atoms with Crippen LogP contribution >= 0.6 is 15.9 Å². The number of nitrogens with zero attached hydrogens (tertiary/aromatic N) is 3. The summed E-state index contributed by atoms with van der Waals surface area (Å²) in [4.78, 5) is 4.67. The molecule has 0 aromatic carbocycles. The van der Waals surface area contributed by atoms with Crippen molar-refractivity contribution in [3.8, 4) is 0 Å². The number of rotatable bonds is 15. The zero-order valence-electron chi connectivity index (χ0n) is 23.0. The average molecular weight is 620 g/mol. The van der Waals surface area contributed by atoms with Crippen molar-refractivity contribution in [2.45, 2.75) is 102 Å². The lowest BCUT2D eigenvalue weighted by atomic mass is 10.0. The standard InChI is InChI=1S/C25H43BrN4O5SSi/c1-24(2,3)36(31)29-20(23-27-18-22(26)30(23)19-32-16-17-37(4,5)6)10-8-7-9-12-25(33-14-15-34-25)21-11-13-35-28-21/h11,13,18,20,29H,7-10,12,14-17,19H2,1-6H3/t20-,36+/m0/s1. The van der Waals surface area contributed by atoms with Crippen molar-refractivity contribution >= 4 is 35.4 Å². The molecule has 1 saturated heterocycles. The van der Waals surface area contributed by atoms with Gasteiger partial charge in [0.05, 0.1) is 19.4 Å². The second kappa shape index (κ2) is 13.6. The van der Waals surface area contributed by atoms with Crippen molar-refractivity contribution in [1.29, 1.82) is 0 Å². The van der Waals surface area contributed by atoms with Gasteiger partial charge >= 0.3 is 0 Å². The Morgan fingerprint density at radius 2 is 1.97 bits per heavy atom. The molecule has 9 nitrogen and oxygen atoms in total. The summed E-state index contributed by atoms with van der Waals surface area (Å²) in [6.45, 7) is 15.2. The fourth-order valence-corrected chi connectivity index (χ4v) is 6.00. The van der Waals surface area contributed by atoms with Crippen LogP contribution in [0.2, 0.25) is 25.7 Å². The number of imidazole rings is 1. The number of ether oxygens (including phenoxy) is 3. The Morgan fingerprint density at radius 3 is 2.59 bits per heavy atom. The lowest BCUT2D eigenvalue weighted by Gasteiger charge is -2.28. The molecular formula is C25H43BrN4O5SSi. The van der Waals surface area contributed by atoms with Gasteiger partial charge in [0.25, 0.3) is 0 Å². The van der Waals surface area contributed by atoms with Crippen LogP contribution in [-0.4, -0.2) is 51.9 Å². The fourth-order valence-electron chi connectivity index (χ4n) is 4.02. The van der Waals surface area contributed by atoms with Gasteiger partial charge in [-0.05, 0) is 55.6 Å². The third kappa shape index (κ3) is 9.16. The molecular weight excluding hydrogens is 576 g/mol. The third-order valence-electron chi connectivity index (χ3n) is 6.25. The topological polar surface area (TPSA) is 107 Å². The molecule has 0 aliphatic carbocycles.